The van der Waals surface area contributed by atoms with Gasteiger partial charge < -0.3 is 14.8 Å². The Balaban J connectivity index is 3.10. The van der Waals surface area contributed by atoms with Gasteiger partial charge in [-0.25, -0.2) is 0 Å². The molecular weight excluding hydrogens is 294 g/mol. The van der Waals surface area contributed by atoms with Crippen molar-refractivity contribution in [1.82, 2.24) is 5.32 Å². The molecule has 0 fully saturated rings. The second-order valence-corrected chi connectivity index (χ2v) is 4.84. The van der Waals surface area contributed by atoms with E-state index in [0.29, 0.717) is 6.61 Å². The third-order valence-electron chi connectivity index (χ3n) is 2.41. The van der Waals surface area contributed by atoms with Crippen molar-refractivity contribution in [2.75, 3.05) is 27.3 Å². The molecule has 0 aliphatic carbocycles. The van der Waals surface area contributed by atoms with E-state index in [-0.39, 0.29) is 0 Å². The lowest BCUT2D eigenvalue weighted by molar-refractivity contribution is 0.309. The molecule has 3 nitrogen and oxygen atoms in total. The standard InChI is InChI=1S/C14H20BrNO2/c1-5-18-14-12(15)7-11(8-13(14)17-4)6-10(2)9-16-3/h6-8,16H,5,9H2,1-4H3. The van der Waals surface area contributed by atoms with Crippen LogP contribution in [0.5, 0.6) is 11.5 Å². The van der Waals surface area contributed by atoms with Crippen LogP contribution in [-0.2, 0) is 0 Å². The van der Waals surface area contributed by atoms with E-state index >= 15 is 0 Å². The molecule has 0 aliphatic heterocycles. The van der Waals surface area contributed by atoms with Crippen molar-refractivity contribution in [1.29, 1.82) is 0 Å². The highest BCUT2D eigenvalue weighted by Crippen LogP contribution is 2.37. The Hall–Kier alpha value is -1.00. The van der Waals surface area contributed by atoms with E-state index in [2.05, 4.69) is 34.2 Å². The normalized spacial score (nSPS) is 11.5. The zero-order valence-corrected chi connectivity index (χ0v) is 12.9. The van der Waals surface area contributed by atoms with Crippen LogP contribution in [0.1, 0.15) is 19.4 Å². The Morgan fingerprint density at radius 1 is 1.44 bits per heavy atom. The summed E-state index contributed by atoms with van der Waals surface area (Å²) < 4.78 is 11.8. The summed E-state index contributed by atoms with van der Waals surface area (Å²) in [6, 6.07) is 4.02. The Bertz CT molecular complexity index is 430. The molecule has 0 radical (unpaired) electrons. The number of hydrogen-bond acceptors (Lipinski definition) is 3. The van der Waals surface area contributed by atoms with Crippen molar-refractivity contribution >= 4 is 22.0 Å². The van der Waals surface area contributed by atoms with Gasteiger partial charge in [-0.2, -0.15) is 0 Å². The van der Waals surface area contributed by atoms with Gasteiger partial charge in [0.05, 0.1) is 18.2 Å². The van der Waals surface area contributed by atoms with Crippen LogP contribution in [0.15, 0.2) is 22.2 Å². The van der Waals surface area contributed by atoms with Crippen molar-refractivity contribution < 1.29 is 9.47 Å². The van der Waals surface area contributed by atoms with Gasteiger partial charge >= 0.3 is 0 Å². The Kier molecular flexibility index (Phi) is 6.22. The van der Waals surface area contributed by atoms with E-state index in [9.17, 15) is 0 Å². The van der Waals surface area contributed by atoms with Crippen molar-refractivity contribution in [3.63, 3.8) is 0 Å². The molecule has 0 atom stereocenters. The monoisotopic (exact) mass is 313 g/mol. The number of rotatable bonds is 6. The second kappa shape index (κ2) is 7.44. The molecule has 0 saturated heterocycles. The van der Waals surface area contributed by atoms with Crippen LogP contribution in [0.25, 0.3) is 6.08 Å². The summed E-state index contributed by atoms with van der Waals surface area (Å²) in [5.41, 5.74) is 2.35. The first-order valence-corrected chi connectivity index (χ1v) is 6.73. The highest BCUT2D eigenvalue weighted by Gasteiger charge is 2.10. The van der Waals surface area contributed by atoms with E-state index in [4.69, 9.17) is 9.47 Å². The minimum absolute atomic E-state index is 0.614. The maximum absolute atomic E-state index is 5.56. The highest BCUT2D eigenvalue weighted by atomic mass is 79.9. The van der Waals surface area contributed by atoms with Gasteiger partial charge in [-0.1, -0.05) is 11.6 Å². The zero-order valence-electron chi connectivity index (χ0n) is 11.3. The molecule has 0 aliphatic rings. The van der Waals surface area contributed by atoms with Crippen LogP contribution in [0.2, 0.25) is 0 Å². The fourth-order valence-corrected chi connectivity index (χ4v) is 2.30. The fraction of sp³-hybridized carbons (Fsp3) is 0.429. The van der Waals surface area contributed by atoms with E-state index < -0.39 is 0 Å². The van der Waals surface area contributed by atoms with Crippen LogP contribution >= 0.6 is 15.9 Å². The van der Waals surface area contributed by atoms with Crippen molar-refractivity contribution in [2.45, 2.75) is 13.8 Å². The average molecular weight is 314 g/mol. The minimum Gasteiger partial charge on any atom is -0.493 e. The smallest absolute Gasteiger partial charge is 0.175 e. The Morgan fingerprint density at radius 2 is 2.17 bits per heavy atom. The van der Waals surface area contributed by atoms with E-state index in [1.165, 1.54) is 5.57 Å². The first-order chi connectivity index (χ1) is 8.62. The first kappa shape index (κ1) is 15.1. The molecule has 100 valence electrons. The number of benzene rings is 1. The van der Waals surface area contributed by atoms with Crippen LogP contribution in [-0.4, -0.2) is 27.3 Å². The number of ether oxygens (including phenoxy) is 2. The number of halogens is 1. The number of hydrogen-bond donors (Lipinski definition) is 1. The summed E-state index contributed by atoms with van der Waals surface area (Å²) in [6.45, 7) is 5.53. The van der Waals surface area contributed by atoms with E-state index in [1.807, 2.05) is 26.1 Å². The van der Waals surface area contributed by atoms with Gasteiger partial charge in [-0.15, -0.1) is 0 Å². The van der Waals surface area contributed by atoms with Crippen LogP contribution < -0.4 is 14.8 Å². The van der Waals surface area contributed by atoms with Gasteiger partial charge in [0.2, 0.25) is 0 Å². The lowest BCUT2D eigenvalue weighted by Crippen LogP contribution is -2.08. The topological polar surface area (TPSA) is 30.5 Å². The summed E-state index contributed by atoms with van der Waals surface area (Å²) in [7, 11) is 3.59. The molecule has 18 heavy (non-hydrogen) atoms. The quantitative estimate of drug-likeness (QED) is 0.872. The molecule has 1 N–H and O–H groups in total. The molecular formula is C14H20BrNO2. The van der Waals surface area contributed by atoms with Gasteiger partial charge in [0.1, 0.15) is 0 Å². The third kappa shape index (κ3) is 4.03. The lowest BCUT2D eigenvalue weighted by atomic mass is 10.1. The first-order valence-electron chi connectivity index (χ1n) is 5.94. The minimum atomic E-state index is 0.614. The molecule has 0 amide bonds. The molecule has 0 aromatic heterocycles. The highest BCUT2D eigenvalue weighted by molar-refractivity contribution is 9.10. The summed E-state index contributed by atoms with van der Waals surface area (Å²) in [6.07, 6.45) is 2.12. The third-order valence-corrected chi connectivity index (χ3v) is 3.00. The molecule has 0 heterocycles. The molecule has 0 saturated carbocycles. The molecule has 1 rings (SSSR count). The average Bonchev–Trinajstić information content (AvgIpc) is 2.32. The number of nitrogens with one attached hydrogen (secondary N) is 1. The van der Waals surface area contributed by atoms with Gasteiger partial charge in [0, 0.05) is 6.54 Å². The van der Waals surface area contributed by atoms with Crippen molar-refractivity contribution in [3.8, 4) is 11.5 Å². The second-order valence-electron chi connectivity index (χ2n) is 3.99. The maximum Gasteiger partial charge on any atom is 0.175 e. The largest absolute Gasteiger partial charge is 0.493 e. The molecule has 0 bridgehead atoms. The molecule has 1 aromatic carbocycles. The fourth-order valence-electron chi connectivity index (χ4n) is 1.72. The van der Waals surface area contributed by atoms with Gasteiger partial charge in [-0.3, -0.25) is 0 Å². The van der Waals surface area contributed by atoms with E-state index in [1.54, 1.807) is 7.11 Å². The summed E-state index contributed by atoms with van der Waals surface area (Å²) in [5, 5.41) is 3.13. The van der Waals surface area contributed by atoms with E-state index in [0.717, 1.165) is 28.1 Å². The predicted molar refractivity (Wildman–Crippen MR) is 79.4 cm³/mol. The van der Waals surface area contributed by atoms with Crippen LogP contribution in [0.4, 0.5) is 0 Å². The molecule has 4 heteroatoms. The Labute approximate surface area is 117 Å². The van der Waals surface area contributed by atoms with Crippen LogP contribution in [0, 0.1) is 0 Å². The molecule has 0 spiro atoms. The van der Waals surface area contributed by atoms with Crippen molar-refractivity contribution in [2.24, 2.45) is 0 Å². The van der Waals surface area contributed by atoms with Gasteiger partial charge in [0.15, 0.2) is 11.5 Å². The van der Waals surface area contributed by atoms with Gasteiger partial charge in [-0.05, 0) is 54.5 Å². The summed E-state index contributed by atoms with van der Waals surface area (Å²) >= 11 is 3.52. The van der Waals surface area contributed by atoms with Crippen LogP contribution in [0.3, 0.4) is 0 Å². The summed E-state index contributed by atoms with van der Waals surface area (Å²) in [4.78, 5) is 0. The Morgan fingerprint density at radius 3 is 2.72 bits per heavy atom. The number of methoxy groups -OCH3 is 1. The van der Waals surface area contributed by atoms with Gasteiger partial charge in [0.25, 0.3) is 0 Å². The zero-order chi connectivity index (χ0) is 13.5. The molecule has 0 unspecified atom stereocenters. The number of likely N-dealkylation sites (N-methyl/N-ethyl adjacent to an activating group) is 1. The summed E-state index contributed by atoms with van der Waals surface area (Å²) in [5.74, 6) is 1.50. The molecule has 1 aromatic rings. The maximum atomic E-state index is 5.56. The lowest BCUT2D eigenvalue weighted by Gasteiger charge is -2.12. The van der Waals surface area contributed by atoms with Crippen molar-refractivity contribution in [3.05, 3.63) is 27.7 Å². The SMILES string of the molecule is CCOc1c(Br)cc(C=C(C)CNC)cc1OC. The predicted octanol–water partition coefficient (Wildman–Crippen LogP) is 3.48.